The number of benzene rings is 2. The molecule has 3 nitrogen and oxygen atoms in total. The molecule has 0 radical (unpaired) electrons. The molecular weight excluding hydrogens is 332 g/mol. The predicted octanol–water partition coefficient (Wildman–Crippen LogP) is 5.00. The van der Waals surface area contributed by atoms with Crippen molar-refractivity contribution in [1.29, 1.82) is 0 Å². The zero-order valence-electron chi connectivity index (χ0n) is 16.2. The zero-order valence-corrected chi connectivity index (χ0v) is 16.2. The number of nitrogens with one attached hydrogen (secondary N) is 1. The number of hydrogen-bond donors (Lipinski definition) is 1. The fraction of sp³-hybridized carbons (Fsp3) is 0.458. The van der Waals surface area contributed by atoms with Gasteiger partial charge < -0.3 is 5.32 Å². The molecule has 2 bridgehead atoms. The second kappa shape index (κ2) is 6.20. The maximum Gasteiger partial charge on any atom is 0.180 e. The Morgan fingerprint density at radius 2 is 1.89 bits per heavy atom. The SMILES string of the molecule is C[C@H]1[C@H]2C(=O)c3ccc(Nc4ccccc4)cc3[C@]1(C)CCN2CC1CC1. The van der Waals surface area contributed by atoms with Crippen LogP contribution in [0.3, 0.4) is 0 Å². The Balaban J connectivity index is 1.51. The third-order valence-electron chi connectivity index (χ3n) is 7.21. The number of anilines is 2. The number of nitrogens with zero attached hydrogens (tertiary/aromatic N) is 1. The van der Waals surface area contributed by atoms with Crippen LogP contribution in [0.1, 0.15) is 49.0 Å². The fourth-order valence-corrected chi connectivity index (χ4v) is 5.17. The summed E-state index contributed by atoms with van der Waals surface area (Å²) < 4.78 is 0. The van der Waals surface area contributed by atoms with Gasteiger partial charge in [-0.25, -0.2) is 0 Å². The van der Waals surface area contributed by atoms with Gasteiger partial charge in [-0.2, -0.15) is 0 Å². The molecule has 2 fully saturated rings. The largest absolute Gasteiger partial charge is 0.356 e. The van der Waals surface area contributed by atoms with E-state index in [0.29, 0.717) is 11.7 Å². The lowest BCUT2D eigenvalue weighted by molar-refractivity contribution is 0.0266. The van der Waals surface area contributed by atoms with Gasteiger partial charge in [0.2, 0.25) is 0 Å². The number of likely N-dealkylation sites (tertiary alicyclic amines) is 1. The van der Waals surface area contributed by atoms with E-state index in [-0.39, 0.29) is 11.5 Å². The molecule has 0 spiro atoms. The number of para-hydroxylation sites is 1. The van der Waals surface area contributed by atoms with Gasteiger partial charge in [-0.3, -0.25) is 9.69 Å². The monoisotopic (exact) mass is 360 g/mol. The maximum atomic E-state index is 13.4. The van der Waals surface area contributed by atoms with Gasteiger partial charge in [0.25, 0.3) is 0 Å². The highest BCUT2D eigenvalue weighted by atomic mass is 16.1. The van der Waals surface area contributed by atoms with Crippen molar-refractivity contribution in [1.82, 2.24) is 4.90 Å². The predicted molar refractivity (Wildman–Crippen MR) is 110 cm³/mol. The van der Waals surface area contributed by atoms with Crippen molar-refractivity contribution in [3.63, 3.8) is 0 Å². The van der Waals surface area contributed by atoms with Crippen LogP contribution in [0.5, 0.6) is 0 Å². The average Bonchev–Trinajstić information content (AvgIpc) is 3.49. The molecule has 0 unspecified atom stereocenters. The number of piperidine rings is 1. The van der Waals surface area contributed by atoms with Gasteiger partial charge in [0.15, 0.2) is 5.78 Å². The third kappa shape index (κ3) is 2.80. The number of Topliss-reactive ketones (excluding diaryl/α,β-unsaturated/α-hetero) is 1. The Hall–Kier alpha value is -2.13. The molecule has 2 aliphatic carbocycles. The lowest BCUT2D eigenvalue weighted by Crippen LogP contribution is -2.61. The quantitative estimate of drug-likeness (QED) is 0.832. The highest BCUT2D eigenvalue weighted by Crippen LogP contribution is 2.50. The van der Waals surface area contributed by atoms with Crippen LogP contribution in [0.15, 0.2) is 48.5 Å². The second-order valence-electron chi connectivity index (χ2n) is 8.95. The summed E-state index contributed by atoms with van der Waals surface area (Å²) in [6, 6.07) is 16.6. The summed E-state index contributed by atoms with van der Waals surface area (Å²) in [6.07, 6.45) is 3.81. The molecule has 1 N–H and O–H groups in total. The van der Waals surface area contributed by atoms with Crippen molar-refractivity contribution >= 4 is 17.2 Å². The van der Waals surface area contributed by atoms with Crippen LogP contribution >= 0.6 is 0 Å². The molecule has 3 atom stereocenters. The summed E-state index contributed by atoms with van der Waals surface area (Å²) >= 11 is 0. The summed E-state index contributed by atoms with van der Waals surface area (Å²) in [7, 11) is 0. The Labute approximate surface area is 161 Å². The van der Waals surface area contributed by atoms with E-state index in [2.05, 4.69) is 54.4 Å². The molecule has 0 aromatic heterocycles. The first-order chi connectivity index (χ1) is 13.1. The highest BCUT2D eigenvalue weighted by molar-refractivity contribution is 6.04. The minimum Gasteiger partial charge on any atom is -0.356 e. The van der Waals surface area contributed by atoms with E-state index in [0.717, 1.165) is 42.4 Å². The minimum atomic E-state index is 0.0600. The van der Waals surface area contributed by atoms with Crippen LogP contribution in [0, 0.1) is 11.8 Å². The second-order valence-corrected chi connectivity index (χ2v) is 8.95. The molecule has 3 aliphatic rings. The van der Waals surface area contributed by atoms with E-state index in [1.807, 2.05) is 18.2 Å². The van der Waals surface area contributed by atoms with E-state index >= 15 is 0 Å². The molecule has 0 amide bonds. The Morgan fingerprint density at radius 1 is 1.11 bits per heavy atom. The maximum absolute atomic E-state index is 13.4. The average molecular weight is 361 g/mol. The van der Waals surface area contributed by atoms with Crippen molar-refractivity contribution in [3.05, 3.63) is 59.7 Å². The van der Waals surface area contributed by atoms with Crippen LogP contribution in [0.2, 0.25) is 0 Å². The molecule has 1 saturated heterocycles. The first kappa shape index (κ1) is 17.0. The summed E-state index contributed by atoms with van der Waals surface area (Å²) in [5, 5.41) is 3.50. The van der Waals surface area contributed by atoms with E-state index in [4.69, 9.17) is 0 Å². The van der Waals surface area contributed by atoms with Crippen molar-refractivity contribution in [2.75, 3.05) is 18.4 Å². The summed E-state index contributed by atoms with van der Waals surface area (Å²) in [6.45, 7) is 6.82. The molecular formula is C24H28N2O. The highest BCUT2D eigenvalue weighted by Gasteiger charge is 2.52. The lowest BCUT2D eigenvalue weighted by atomic mass is 9.58. The Bertz CT molecular complexity index is 873. The minimum absolute atomic E-state index is 0.0600. The summed E-state index contributed by atoms with van der Waals surface area (Å²) in [5.41, 5.74) is 4.40. The summed E-state index contributed by atoms with van der Waals surface area (Å²) in [5.74, 6) is 1.52. The number of ketones is 1. The number of hydrogen-bond acceptors (Lipinski definition) is 3. The zero-order chi connectivity index (χ0) is 18.6. The van der Waals surface area contributed by atoms with E-state index in [1.54, 1.807) is 0 Å². The molecule has 5 rings (SSSR count). The van der Waals surface area contributed by atoms with Crippen LogP contribution < -0.4 is 5.32 Å². The molecule has 2 aromatic carbocycles. The molecule has 140 valence electrons. The van der Waals surface area contributed by atoms with Crippen molar-refractivity contribution in [3.8, 4) is 0 Å². The van der Waals surface area contributed by atoms with Gasteiger partial charge in [0, 0.05) is 23.5 Å². The van der Waals surface area contributed by atoms with Gasteiger partial charge in [0.05, 0.1) is 6.04 Å². The number of fused-ring (bicyclic) bond motifs is 4. The molecule has 1 heterocycles. The van der Waals surface area contributed by atoms with Crippen molar-refractivity contribution in [2.45, 2.75) is 44.6 Å². The van der Waals surface area contributed by atoms with Crippen LogP contribution in [-0.2, 0) is 5.41 Å². The summed E-state index contributed by atoms with van der Waals surface area (Å²) in [4.78, 5) is 15.9. The van der Waals surface area contributed by atoms with Gasteiger partial charge in [0.1, 0.15) is 0 Å². The van der Waals surface area contributed by atoms with Gasteiger partial charge in [-0.05, 0) is 79.0 Å². The number of rotatable bonds is 4. The Morgan fingerprint density at radius 3 is 2.63 bits per heavy atom. The van der Waals surface area contributed by atoms with Gasteiger partial charge in [-0.1, -0.05) is 32.0 Å². The lowest BCUT2D eigenvalue weighted by Gasteiger charge is -2.53. The van der Waals surface area contributed by atoms with Crippen molar-refractivity contribution < 1.29 is 4.79 Å². The first-order valence-electron chi connectivity index (χ1n) is 10.3. The smallest absolute Gasteiger partial charge is 0.180 e. The normalized spacial score (nSPS) is 30.1. The van der Waals surface area contributed by atoms with Crippen LogP contribution in [0.4, 0.5) is 11.4 Å². The Kier molecular flexibility index (Phi) is 3.90. The van der Waals surface area contributed by atoms with Crippen LogP contribution in [0.25, 0.3) is 0 Å². The molecule has 1 saturated carbocycles. The van der Waals surface area contributed by atoms with Gasteiger partial charge in [-0.15, -0.1) is 0 Å². The molecule has 27 heavy (non-hydrogen) atoms. The number of carbonyl (C=O) groups is 1. The van der Waals surface area contributed by atoms with E-state index < -0.39 is 0 Å². The van der Waals surface area contributed by atoms with E-state index in [1.165, 1.54) is 18.4 Å². The fourth-order valence-electron chi connectivity index (χ4n) is 5.17. The first-order valence-corrected chi connectivity index (χ1v) is 10.3. The van der Waals surface area contributed by atoms with E-state index in [9.17, 15) is 4.79 Å². The van der Waals surface area contributed by atoms with Crippen LogP contribution in [-0.4, -0.2) is 29.8 Å². The van der Waals surface area contributed by atoms with Crippen molar-refractivity contribution in [2.24, 2.45) is 11.8 Å². The molecule has 3 heteroatoms. The van der Waals surface area contributed by atoms with Gasteiger partial charge >= 0.3 is 0 Å². The topological polar surface area (TPSA) is 32.3 Å². The third-order valence-corrected chi connectivity index (χ3v) is 7.21. The molecule has 1 aliphatic heterocycles. The standard InChI is InChI=1S/C24H28N2O/c1-16-22-23(27)20-11-10-19(25-18-6-4-3-5-7-18)14-21(20)24(16,2)12-13-26(22)15-17-8-9-17/h3-7,10-11,14,16-17,22,25H,8-9,12-13,15H2,1-2H3/t16-,22-,24+/m0/s1. The molecule has 2 aromatic rings. The number of carbonyl (C=O) groups excluding carboxylic acids is 1.